The van der Waals surface area contributed by atoms with Crippen LogP contribution in [0.5, 0.6) is 0 Å². The molecular weight excluding hydrogens is 232 g/mol. The summed E-state index contributed by atoms with van der Waals surface area (Å²) in [6.07, 6.45) is 5.87. The van der Waals surface area contributed by atoms with Gasteiger partial charge >= 0.3 is 0 Å². The summed E-state index contributed by atoms with van der Waals surface area (Å²) < 4.78 is 5.97. The summed E-state index contributed by atoms with van der Waals surface area (Å²) in [4.78, 5) is 2.63. The number of morpholine rings is 1. The zero-order valence-corrected chi connectivity index (χ0v) is 11.4. The van der Waals surface area contributed by atoms with E-state index in [1.807, 2.05) is 0 Å². The van der Waals surface area contributed by atoms with Crippen LogP contribution < -0.4 is 5.32 Å². The van der Waals surface area contributed by atoms with Crippen LogP contribution in [-0.4, -0.2) is 60.8 Å². The van der Waals surface area contributed by atoms with Gasteiger partial charge < -0.3 is 10.1 Å². The molecule has 3 fully saturated rings. The van der Waals surface area contributed by atoms with Crippen molar-refractivity contribution in [3.63, 3.8) is 0 Å². The number of nitrogens with zero attached hydrogens (tertiary/aromatic N) is 1. The number of hydrogen-bond donors (Lipinski definition) is 1. The molecule has 0 bridgehead atoms. The van der Waals surface area contributed by atoms with Crippen LogP contribution in [-0.2, 0) is 4.74 Å². The quantitative estimate of drug-likeness (QED) is 0.823. The maximum absolute atomic E-state index is 5.97. The summed E-state index contributed by atoms with van der Waals surface area (Å²) >= 11 is 2.09. The van der Waals surface area contributed by atoms with E-state index in [9.17, 15) is 0 Å². The maximum Gasteiger partial charge on any atom is 0.0827 e. The second-order valence-electron chi connectivity index (χ2n) is 5.57. The molecule has 0 spiro atoms. The average molecular weight is 256 g/mol. The smallest absolute Gasteiger partial charge is 0.0827 e. The number of rotatable bonds is 3. The number of ether oxygens (including phenoxy) is 1. The van der Waals surface area contributed by atoms with Crippen molar-refractivity contribution in [3.05, 3.63) is 0 Å². The zero-order chi connectivity index (χ0) is 11.5. The van der Waals surface area contributed by atoms with Crippen molar-refractivity contribution in [2.45, 2.75) is 43.9 Å². The molecule has 4 heteroatoms. The van der Waals surface area contributed by atoms with Gasteiger partial charge in [0.25, 0.3) is 0 Å². The van der Waals surface area contributed by atoms with Gasteiger partial charge in [0.15, 0.2) is 0 Å². The second-order valence-corrected chi connectivity index (χ2v) is 6.72. The Kier molecular flexibility index (Phi) is 4.27. The predicted molar refractivity (Wildman–Crippen MR) is 72.7 cm³/mol. The topological polar surface area (TPSA) is 24.5 Å². The lowest BCUT2D eigenvalue weighted by Gasteiger charge is -2.36. The van der Waals surface area contributed by atoms with E-state index in [0.717, 1.165) is 31.8 Å². The first kappa shape index (κ1) is 12.3. The van der Waals surface area contributed by atoms with E-state index in [1.165, 1.54) is 43.7 Å². The fourth-order valence-electron chi connectivity index (χ4n) is 3.21. The highest BCUT2D eigenvalue weighted by Crippen LogP contribution is 2.22. The third-order valence-electron chi connectivity index (χ3n) is 4.26. The number of hydrogen-bond acceptors (Lipinski definition) is 4. The molecule has 98 valence electrons. The molecule has 3 nitrogen and oxygen atoms in total. The molecule has 0 radical (unpaired) electrons. The van der Waals surface area contributed by atoms with Crippen molar-refractivity contribution in [2.75, 3.05) is 37.7 Å². The lowest BCUT2D eigenvalue weighted by atomic mass is 10.1. The van der Waals surface area contributed by atoms with Gasteiger partial charge in [-0.25, -0.2) is 0 Å². The summed E-state index contributed by atoms with van der Waals surface area (Å²) in [6, 6.07) is 1.46. The molecular formula is C13H24N2OS. The Morgan fingerprint density at radius 2 is 2.29 bits per heavy atom. The normalized spacial score (nSPS) is 39.2. The van der Waals surface area contributed by atoms with E-state index in [-0.39, 0.29) is 0 Å². The summed E-state index contributed by atoms with van der Waals surface area (Å²) in [5.74, 6) is 2.65. The number of nitrogens with one attached hydrogen (secondary N) is 1. The molecule has 17 heavy (non-hydrogen) atoms. The first-order valence-corrected chi connectivity index (χ1v) is 8.24. The molecule has 3 rings (SSSR count). The van der Waals surface area contributed by atoms with E-state index in [0.29, 0.717) is 6.10 Å². The van der Waals surface area contributed by atoms with Crippen LogP contribution in [0.4, 0.5) is 0 Å². The van der Waals surface area contributed by atoms with Crippen molar-refractivity contribution < 1.29 is 4.74 Å². The van der Waals surface area contributed by atoms with Crippen molar-refractivity contribution >= 4 is 11.8 Å². The van der Waals surface area contributed by atoms with Gasteiger partial charge in [-0.1, -0.05) is 0 Å². The highest BCUT2D eigenvalue weighted by molar-refractivity contribution is 7.99. The van der Waals surface area contributed by atoms with Crippen molar-refractivity contribution in [3.8, 4) is 0 Å². The molecule has 0 aromatic rings. The van der Waals surface area contributed by atoms with E-state index >= 15 is 0 Å². The van der Waals surface area contributed by atoms with Crippen molar-refractivity contribution in [2.24, 2.45) is 0 Å². The van der Waals surface area contributed by atoms with Crippen LogP contribution >= 0.6 is 11.8 Å². The van der Waals surface area contributed by atoms with Crippen LogP contribution in [0, 0.1) is 0 Å². The summed E-state index contributed by atoms with van der Waals surface area (Å²) in [5, 5.41) is 3.70. The molecule has 3 saturated heterocycles. The van der Waals surface area contributed by atoms with E-state index < -0.39 is 0 Å². The van der Waals surface area contributed by atoms with Crippen LogP contribution in [0.3, 0.4) is 0 Å². The second kappa shape index (κ2) is 5.91. The molecule has 0 aliphatic carbocycles. The Hall–Kier alpha value is 0.230. The van der Waals surface area contributed by atoms with Crippen molar-refractivity contribution in [1.29, 1.82) is 0 Å². The largest absolute Gasteiger partial charge is 0.374 e. The molecule has 0 saturated carbocycles. The standard InChI is InChI=1S/C13H24N2OS/c1-4-12-9-16-13(8-15(12)5-1)7-14-11-3-2-6-17-10-11/h11-14H,1-10H2. The van der Waals surface area contributed by atoms with Gasteiger partial charge in [-0.3, -0.25) is 4.90 Å². The first-order valence-electron chi connectivity index (χ1n) is 7.08. The van der Waals surface area contributed by atoms with E-state index in [2.05, 4.69) is 22.0 Å². The van der Waals surface area contributed by atoms with Crippen LogP contribution in [0.25, 0.3) is 0 Å². The number of fused-ring (bicyclic) bond motifs is 1. The van der Waals surface area contributed by atoms with Gasteiger partial charge in [0.1, 0.15) is 0 Å². The predicted octanol–water partition coefficient (Wildman–Crippen LogP) is 1.33. The SMILES string of the molecule is C1CSCC(NCC2CN3CCCC3CO2)C1. The fourth-order valence-corrected chi connectivity index (χ4v) is 4.32. The summed E-state index contributed by atoms with van der Waals surface area (Å²) in [6.45, 7) is 4.46. The Balaban J connectivity index is 1.40. The van der Waals surface area contributed by atoms with Crippen LogP contribution in [0.2, 0.25) is 0 Å². The minimum absolute atomic E-state index is 0.427. The van der Waals surface area contributed by atoms with Gasteiger partial charge in [0, 0.05) is 30.9 Å². The molecule has 3 heterocycles. The maximum atomic E-state index is 5.97. The molecule has 0 aromatic carbocycles. The minimum atomic E-state index is 0.427. The van der Waals surface area contributed by atoms with Gasteiger partial charge in [0.2, 0.25) is 0 Å². The lowest BCUT2D eigenvalue weighted by molar-refractivity contribution is -0.0477. The Bertz CT molecular complexity index is 246. The fraction of sp³-hybridized carbons (Fsp3) is 1.00. The zero-order valence-electron chi connectivity index (χ0n) is 10.6. The van der Waals surface area contributed by atoms with Gasteiger partial charge in [-0.15, -0.1) is 0 Å². The minimum Gasteiger partial charge on any atom is -0.374 e. The summed E-state index contributed by atoms with van der Waals surface area (Å²) in [5.41, 5.74) is 0. The molecule has 3 aliphatic heterocycles. The Morgan fingerprint density at radius 1 is 1.29 bits per heavy atom. The number of thioether (sulfide) groups is 1. The molecule has 3 atom stereocenters. The van der Waals surface area contributed by atoms with E-state index in [1.54, 1.807) is 0 Å². The Labute approximate surface area is 109 Å². The summed E-state index contributed by atoms with van der Waals surface area (Å²) in [7, 11) is 0. The third kappa shape index (κ3) is 3.16. The highest BCUT2D eigenvalue weighted by atomic mass is 32.2. The van der Waals surface area contributed by atoms with E-state index in [4.69, 9.17) is 4.74 Å². The lowest BCUT2D eigenvalue weighted by Crippen LogP contribution is -2.51. The molecule has 0 amide bonds. The third-order valence-corrected chi connectivity index (χ3v) is 5.47. The van der Waals surface area contributed by atoms with Gasteiger partial charge in [-0.2, -0.15) is 11.8 Å². The van der Waals surface area contributed by atoms with Gasteiger partial charge in [-0.05, 0) is 38.0 Å². The average Bonchev–Trinajstić information content (AvgIpc) is 2.85. The Morgan fingerprint density at radius 3 is 3.18 bits per heavy atom. The van der Waals surface area contributed by atoms with Crippen LogP contribution in [0.1, 0.15) is 25.7 Å². The van der Waals surface area contributed by atoms with Crippen LogP contribution in [0.15, 0.2) is 0 Å². The van der Waals surface area contributed by atoms with Gasteiger partial charge in [0.05, 0.1) is 12.7 Å². The molecule has 1 N–H and O–H groups in total. The molecule has 3 unspecified atom stereocenters. The first-order chi connectivity index (χ1) is 8.42. The van der Waals surface area contributed by atoms with Crippen molar-refractivity contribution in [1.82, 2.24) is 10.2 Å². The monoisotopic (exact) mass is 256 g/mol. The molecule has 3 aliphatic rings. The highest BCUT2D eigenvalue weighted by Gasteiger charge is 2.32. The molecule has 0 aromatic heterocycles.